The van der Waals surface area contributed by atoms with Crippen LogP contribution in [0.1, 0.15) is 29.5 Å². The number of benzene rings is 1. The average Bonchev–Trinajstić information content (AvgIpc) is 2.89. The van der Waals surface area contributed by atoms with Crippen LogP contribution in [0.3, 0.4) is 0 Å². The van der Waals surface area contributed by atoms with Crippen LogP contribution >= 0.6 is 0 Å². The summed E-state index contributed by atoms with van der Waals surface area (Å²) in [5.74, 6) is 1.86. The molecule has 2 N–H and O–H groups in total. The molecule has 2 rings (SSSR count). The highest BCUT2D eigenvalue weighted by molar-refractivity contribution is 5.61. The van der Waals surface area contributed by atoms with E-state index in [-0.39, 0.29) is 0 Å². The van der Waals surface area contributed by atoms with E-state index in [0.29, 0.717) is 0 Å². The van der Waals surface area contributed by atoms with Gasteiger partial charge in [-0.15, -0.1) is 0 Å². The van der Waals surface area contributed by atoms with Gasteiger partial charge in [0.25, 0.3) is 0 Å². The number of anilines is 1. The molecule has 0 amide bonds. The first-order valence-electron chi connectivity index (χ1n) is 7.23. The predicted molar refractivity (Wildman–Crippen MR) is 81.3 cm³/mol. The predicted octanol–water partition coefficient (Wildman–Crippen LogP) is 3.03. The van der Waals surface area contributed by atoms with E-state index in [4.69, 9.17) is 4.74 Å². The van der Waals surface area contributed by atoms with Crippen LogP contribution in [0.5, 0.6) is 5.75 Å². The number of hydrogen-bond acceptors (Lipinski definition) is 3. The Bertz CT molecular complexity index is 437. The van der Waals surface area contributed by atoms with Crippen molar-refractivity contribution in [3.8, 4) is 5.75 Å². The highest BCUT2D eigenvalue weighted by Gasteiger charge is 2.14. The molecule has 1 fully saturated rings. The first-order chi connectivity index (χ1) is 9.13. The maximum Gasteiger partial charge on any atom is 0.125 e. The summed E-state index contributed by atoms with van der Waals surface area (Å²) in [6.45, 7) is 9.82. The summed E-state index contributed by atoms with van der Waals surface area (Å²) in [6.07, 6.45) is 2.57. The lowest BCUT2D eigenvalue weighted by Gasteiger charge is -2.17. The maximum atomic E-state index is 5.46. The summed E-state index contributed by atoms with van der Waals surface area (Å²) in [5, 5.41) is 7.01. The zero-order valence-electron chi connectivity index (χ0n) is 12.6. The smallest absolute Gasteiger partial charge is 0.125 e. The van der Waals surface area contributed by atoms with Crippen molar-refractivity contribution < 1.29 is 4.74 Å². The summed E-state index contributed by atoms with van der Waals surface area (Å²) in [7, 11) is 1.75. The zero-order chi connectivity index (χ0) is 13.8. The van der Waals surface area contributed by atoms with Crippen LogP contribution in [0.4, 0.5) is 5.69 Å². The third kappa shape index (κ3) is 3.21. The van der Waals surface area contributed by atoms with E-state index in [1.54, 1.807) is 7.11 Å². The van der Waals surface area contributed by atoms with Crippen LogP contribution in [-0.4, -0.2) is 26.7 Å². The van der Waals surface area contributed by atoms with Gasteiger partial charge in [-0.2, -0.15) is 0 Å². The van der Waals surface area contributed by atoms with Crippen LogP contribution < -0.4 is 15.4 Å². The molecule has 3 heteroatoms. The second kappa shape index (κ2) is 6.29. The van der Waals surface area contributed by atoms with Gasteiger partial charge in [0.05, 0.1) is 7.11 Å². The molecule has 3 nitrogen and oxygen atoms in total. The van der Waals surface area contributed by atoms with Crippen molar-refractivity contribution >= 4 is 5.69 Å². The van der Waals surface area contributed by atoms with Gasteiger partial charge in [-0.3, -0.25) is 0 Å². The fourth-order valence-electron chi connectivity index (χ4n) is 2.93. The fourth-order valence-corrected chi connectivity index (χ4v) is 2.93. The summed E-state index contributed by atoms with van der Waals surface area (Å²) < 4.78 is 5.46. The van der Waals surface area contributed by atoms with E-state index in [1.165, 1.54) is 48.3 Å². The molecule has 0 spiro atoms. The van der Waals surface area contributed by atoms with E-state index in [2.05, 4.69) is 37.5 Å². The Kier molecular flexibility index (Phi) is 4.70. The number of hydrogen-bond donors (Lipinski definition) is 2. The van der Waals surface area contributed by atoms with Crippen LogP contribution in [-0.2, 0) is 0 Å². The van der Waals surface area contributed by atoms with E-state index in [1.807, 2.05) is 0 Å². The van der Waals surface area contributed by atoms with Crippen LogP contribution in [0.25, 0.3) is 0 Å². The molecule has 1 atom stereocenters. The molecule has 1 aliphatic rings. The van der Waals surface area contributed by atoms with Gasteiger partial charge < -0.3 is 15.4 Å². The van der Waals surface area contributed by atoms with Crippen LogP contribution in [0, 0.1) is 26.7 Å². The SMILES string of the molecule is COc1c(C)cc(NCCC2CCNC2)c(C)c1C. The molecule has 106 valence electrons. The van der Waals surface area contributed by atoms with Crippen molar-refractivity contribution in [2.45, 2.75) is 33.6 Å². The summed E-state index contributed by atoms with van der Waals surface area (Å²) >= 11 is 0. The molecule has 0 radical (unpaired) electrons. The molecule has 0 bridgehead atoms. The normalized spacial score (nSPS) is 18.6. The summed E-state index contributed by atoms with van der Waals surface area (Å²) in [6, 6.07) is 2.20. The topological polar surface area (TPSA) is 33.3 Å². The molecule has 19 heavy (non-hydrogen) atoms. The minimum absolute atomic E-state index is 0.841. The van der Waals surface area contributed by atoms with E-state index in [9.17, 15) is 0 Å². The minimum Gasteiger partial charge on any atom is -0.496 e. The zero-order valence-corrected chi connectivity index (χ0v) is 12.6. The van der Waals surface area contributed by atoms with Crippen molar-refractivity contribution in [3.63, 3.8) is 0 Å². The molecular weight excluding hydrogens is 236 g/mol. The third-order valence-electron chi connectivity index (χ3n) is 4.26. The molecule has 0 aliphatic carbocycles. The first kappa shape index (κ1) is 14.2. The van der Waals surface area contributed by atoms with Crippen molar-refractivity contribution in [1.82, 2.24) is 5.32 Å². The molecule has 1 unspecified atom stereocenters. The number of ether oxygens (including phenoxy) is 1. The molecule has 1 heterocycles. The van der Waals surface area contributed by atoms with Gasteiger partial charge in [0, 0.05) is 12.2 Å². The number of rotatable bonds is 5. The second-order valence-corrected chi connectivity index (χ2v) is 5.60. The van der Waals surface area contributed by atoms with Crippen LogP contribution in [0.2, 0.25) is 0 Å². The average molecular weight is 262 g/mol. The Morgan fingerprint density at radius 1 is 1.32 bits per heavy atom. The Morgan fingerprint density at radius 2 is 2.11 bits per heavy atom. The standard InChI is InChI=1S/C16H26N2O/c1-11-9-15(12(2)13(3)16(11)19-4)18-8-6-14-5-7-17-10-14/h9,14,17-18H,5-8,10H2,1-4H3. The molecule has 1 aromatic carbocycles. The largest absolute Gasteiger partial charge is 0.496 e. The lowest BCUT2D eigenvalue weighted by Crippen LogP contribution is -2.13. The Hall–Kier alpha value is -1.22. The summed E-state index contributed by atoms with van der Waals surface area (Å²) in [5.41, 5.74) is 5.00. The summed E-state index contributed by atoms with van der Waals surface area (Å²) in [4.78, 5) is 0. The quantitative estimate of drug-likeness (QED) is 0.855. The lowest BCUT2D eigenvalue weighted by atomic mass is 10.0. The van der Waals surface area contributed by atoms with Gasteiger partial charge in [-0.1, -0.05) is 0 Å². The molecule has 1 aliphatic heterocycles. The van der Waals surface area contributed by atoms with E-state index >= 15 is 0 Å². The van der Waals surface area contributed by atoms with Crippen LogP contribution in [0.15, 0.2) is 6.07 Å². The van der Waals surface area contributed by atoms with Gasteiger partial charge in [0.2, 0.25) is 0 Å². The van der Waals surface area contributed by atoms with Crippen molar-refractivity contribution in [1.29, 1.82) is 0 Å². The first-order valence-corrected chi connectivity index (χ1v) is 7.23. The monoisotopic (exact) mass is 262 g/mol. The molecule has 1 saturated heterocycles. The van der Waals surface area contributed by atoms with E-state index < -0.39 is 0 Å². The van der Waals surface area contributed by atoms with Crippen molar-refractivity contribution in [2.75, 3.05) is 32.1 Å². The number of nitrogens with one attached hydrogen (secondary N) is 2. The van der Waals surface area contributed by atoms with E-state index in [0.717, 1.165) is 18.2 Å². The van der Waals surface area contributed by atoms with Gasteiger partial charge in [-0.25, -0.2) is 0 Å². The Balaban J connectivity index is 1.99. The van der Waals surface area contributed by atoms with Gasteiger partial charge in [0.15, 0.2) is 0 Å². The number of methoxy groups -OCH3 is 1. The van der Waals surface area contributed by atoms with Gasteiger partial charge in [-0.05, 0) is 75.4 Å². The Labute approximate surface area is 116 Å². The molecule has 0 aromatic heterocycles. The highest BCUT2D eigenvalue weighted by Crippen LogP contribution is 2.31. The second-order valence-electron chi connectivity index (χ2n) is 5.60. The molecule has 0 saturated carbocycles. The maximum absolute atomic E-state index is 5.46. The minimum atomic E-state index is 0.841. The van der Waals surface area contributed by atoms with Crippen molar-refractivity contribution in [3.05, 3.63) is 22.8 Å². The third-order valence-corrected chi connectivity index (χ3v) is 4.26. The molecule has 1 aromatic rings. The Morgan fingerprint density at radius 3 is 2.74 bits per heavy atom. The fraction of sp³-hybridized carbons (Fsp3) is 0.625. The number of aryl methyl sites for hydroxylation is 1. The lowest BCUT2D eigenvalue weighted by molar-refractivity contribution is 0.408. The molecular formula is C16H26N2O. The van der Waals surface area contributed by atoms with Crippen molar-refractivity contribution in [2.24, 2.45) is 5.92 Å². The highest BCUT2D eigenvalue weighted by atomic mass is 16.5. The van der Waals surface area contributed by atoms with Gasteiger partial charge in [0.1, 0.15) is 5.75 Å². The van der Waals surface area contributed by atoms with Gasteiger partial charge >= 0.3 is 0 Å².